The highest BCUT2D eigenvalue weighted by Gasteiger charge is 2.42. The van der Waals surface area contributed by atoms with Gasteiger partial charge in [0.1, 0.15) is 17.9 Å². The molecular formula is C22H27N3O3. The fourth-order valence-corrected chi connectivity index (χ4v) is 3.47. The molecule has 1 aliphatic carbocycles. The normalized spacial score (nSPS) is 14.9. The summed E-state index contributed by atoms with van der Waals surface area (Å²) in [7, 11) is 0. The number of amides is 3. The summed E-state index contributed by atoms with van der Waals surface area (Å²) in [5.74, 6) is 0.622. The maximum absolute atomic E-state index is 12.4. The molecule has 0 spiro atoms. The van der Waals surface area contributed by atoms with Crippen LogP contribution in [0.3, 0.4) is 0 Å². The van der Waals surface area contributed by atoms with Crippen molar-refractivity contribution < 1.29 is 14.3 Å². The van der Waals surface area contributed by atoms with E-state index in [2.05, 4.69) is 16.0 Å². The second-order valence-corrected chi connectivity index (χ2v) is 7.03. The fourth-order valence-electron chi connectivity index (χ4n) is 3.47. The summed E-state index contributed by atoms with van der Waals surface area (Å²) in [5.41, 5.74) is 0.934. The van der Waals surface area contributed by atoms with Gasteiger partial charge in [0.25, 0.3) is 0 Å². The molecule has 3 rings (SSSR count). The van der Waals surface area contributed by atoms with Gasteiger partial charge in [-0.1, -0.05) is 43.2 Å². The van der Waals surface area contributed by atoms with Crippen LogP contribution >= 0.6 is 0 Å². The fraction of sp³-hybridized carbons (Fsp3) is 0.364. The summed E-state index contributed by atoms with van der Waals surface area (Å²) >= 11 is 0. The van der Waals surface area contributed by atoms with Crippen LogP contribution in [-0.2, 0) is 11.4 Å². The van der Waals surface area contributed by atoms with Gasteiger partial charge in [0.15, 0.2) is 0 Å². The van der Waals surface area contributed by atoms with Gasteiger partial charge in [0.2, 0.25) is 5.91 Å². The van der Waals surface area contributed by atoms with Crippen LogP contribution < -0.4 is 20.7 Å². The minimum absolute atomic E-state index is 0.104. The van der Waals surface area contributed by atoms with Crippen molar-refractivity contribution >= 4 is 17.6 Å². The van der Waals surface area contributed by atoms with Gasteiger partial charge in [0.05, 0.1) is 0 Å². The Hall–Kier alpha value is -3.02. The first kappa shape index (κ1) is 19.7. The molecule has 6 heteroatoms. The lowest BCUT2D eigenvalue weighted by atomic mass is 9.96. The number of carbonyl (C=O) groups excluding carboxylic acids is 2. The van der Waals surface area contributed by atoms with Crippen molar-refractivity contribution in [2.45, 2.75) is 44.8 Å². The van der Waals surface area contributed by atoms with Crippen molar-refractivity contribution in [3.8, 4) is 5.75 Å². The van der Waals surface area contributed by atoms with Crippen molar-refractivity contribution in [3.63, 3.8) is 0 Å². The van der Waals surface area contributed by atoms with E-state index in [4.69, 9.17) is 4.74 Å². The number of ether oxygens (including phenoxy) is 1. The SMILES string of the molecule is CCNC(=O)C1(NC(=O)Nc2ccc(OCc3ccccc3)cc2)CCCC1. The Labute approximate surface area is 165 Å². The second kappa shape index (κ2) is 9.26. The molecular weight excluding hydrogens is 354 g/mol. The molecule has 0 heterocycles. The maximum atomic E-state index is 12.4. The molecule has 0 aliphatic heterocycles. The summed E-state index contributed by atoms with van der Waals surface area (Å²) < 4.78 is 5.75. The third-order valence-corrected chi connectivity index (χ3v) is 4.94. The van der Waals surface area contributed by atoms with Gasteiger partial charge >= 0.3 is 6.03 Å². The smallest absolute Gasteiger partial charge is 0.320 e. The molecule has 0 radical (unpaired) electrons. The van der Waals surface area contributed by atoms with E-state index in [1.165, 1.54) is 0 Å². The molecule has 28 heavy (non-hydrogen) atoms. The topological polar surface area (TPSA) is 79.5 Å². The molecule has 0 bridgehead atoms. The quantitative estimate of drug-likeness (QED) is 0.682. The maximum Gasteiger partial charge on any atom is 0.320 e. The van der Waals surface area contributed by atoms with Crippen molar-refractivity contribution in [1.82, 2.24) is 10.6 Å². The number of benzene rings is 2. The first-order chi connectivity index (χ1) is 13.6. The number of rotatable bonds is 7. The summed E-state index contributed by atoms with van der Waals surface area (Å²) in [6.07, 6.45) is 3.20. The van der Waals surface area contributed by atoms with E-state index in [9.17, 15) is 9.59 Å². The number of carbonyl (C=O) groups is 2. The summed E-state index contributed by atoms with van der Waals surface area (Å²) in [4.78, 5) is 24.9. The monoisotopic (exact) mass is 381 g/mol. The molecule has 148 valence electrons. The van der Waals surface area contributed by atoms with E-state index < -0.39 is 5.54 Å². The van der Waals surface area contributed by atoms with Gasteiger partial charge in [-0.25, -0.2) is 4.79 Å². The molecule has 0 saturated heterocycles. The van der Waals surface area contributed by atoms with Crippen LogP contribution in [0.5, 0.6) is 5.75 Å². The zero-order chi connectivity index (χ0) is 19.8. The number of hydrogen-bond acceptors (Lipinski definition) is 3. The van der Waals surface area contributed by atoms with Crippen molar-refractivity contribution in [3.05, 3.63) is 60.2 Å². The Bertz CT molecular complexity index is 784. The minimum Gasteiger partial charge on any atom is -0.489 e. The van der Waals surface area contributed by atoms with Gasteiger partial charge in [-0.15, -0.1) is 0 Å². The van der Waals surface area contributed by atoms with Gasteiger partial charge in [-0.2, -0.15) is 0 Å². The van der Waals surface area contributed by atoms with E-state index in [0.29, 0.717) is 31.7 Å². The van der Waals surface area contributed by atoms with Crippen LogP contribution in [0.25, 0.3) is 0 Å². The minimum atomic E-state index is -0.807. The predicted octanol–water partition coefficient (Wildman–Crippen LogP) is 3.84. The first-order valence-electron chi connectivity index (χ1n) is 9.75. The molecule has 1 saturated carbocycles. The van der Waals surface area contributed by atoms with Gasteiger partial charge < -0.3 is 20.7 Å². The highest BCUT2D eigenvalue weighted by Crippen LogP contribution is 2.30. The molecule has 0 atom stereocenters. The lowest BCUT2D eigenvalue weighted by Crippen LogP contribution is -2.58. The standard InChI is InChI=1S/C22H27N3O3/c1-2-23-20(26)22(14-6-7-15-22)25-21(27)24-18-10-12-19(13-11-18)28-16-17-8-4-3-5-9-17/h3-5,8-13H,2,6-7,14-16H2,1H3,(H,23,26)(H2,24,25,27). The van der Waals surface area contributed by atoms with Crippen LogP contribution in [0.2, 0.25) is 0 Å². The van der Waals surface area contributed by atoms with Crippen molar-refractivity contribution in [2.24, 2.45) is 0 Å². The first-order valence-corrected chi connectivity index (χ1v) is 9.75. The van der Waals surface area contributed by atoms with Crippen LogP contribution in [0, 0.1) is 0 Å². The Morgan fingerprint density at radius 1 is 1.00 bits per heavy atom. The molecule has 1 aliphatic rings. The lowest BCUT2D eigenvalue weighted by Gasteiger charge is -2.28. The van der Waals surface area contributed by atoms with Gasteiger partial charge in [0, 0.05) is 12.2 Å². The van der Waals surface area contributed by atoms with Crippen molar-refractivity contribution in [2.75, 3.05) is 11.9 Å². The molecule has 3 N–H and O–H groups in total. The van der Waals surface area contributed by atoms with E-state index in [0.717, 1.165) is 24.2 Å². The highest BCUT2D eigenvalue weighted by atomic mass is 16.5. The summed E-state index contributed by atoms with van der Waals surface area (Å²) in [6, 6.07) is 16.8. The number of anilines is 1. The molecule has 0 aromatic heterocycles. The third-order valence-electron chi connectivity index (χ3n) is 4.94. The van der Waals surface area contributed by atoms with Crippen LogP contribution in [0.4, 0.5) is 10.5 Å². The van der Waals surface area contributed by atoms with E-state index in [1.807, 2.05) is 49.4 Å². The van der Waals surface area contributed by atoms with Crippen LogP contribution in [0.1, 0.15) is 38.2 Å². The van der Waals surface area contributed by atoms with Crippen LogP contribution in [0.15, 0.2) is 54.6 Å². The van der Waals surface area contributed by atoms with Gasteiger partial charge in [-0.05, 0) is 49.6 Å². The average Bonchev–Trinajstić information content (AvgIpc) is 3.18. The average molecular weight is 381 g/mol. The lowest BCUT2D eigenvalue weighted by molar-refractivity contribution is -0.126. The van der Waals surface area contributed by atoms with Crippen molar-refractivity contribution in [1.29, 1.82) is 0 Å². The third kappa shape index (κ3) is 5.03. The molecule has 6 nitrogen and oxygen atoms in total. The predicted molar refractivity (Wildman–Crippen MR) is 109 cm³/mol. The highest BCUT2D eigenvalue weighted by molar-refractivity contribution is 5.96. The molecule has 2 aromatic rings. The Morgan fingerprint density at radius 3 is 2.32 bits per heavy atom. The summed E-state index contributed by atoms with van der Waals surface area (Å²) in [5, 5.41) is 8.53. The van der Waals surface area contributed by atoms with E-state index in [1.54, 1.807) is 12.1 Å². The Balaban J connectivity index is 1.54. The van der Waals surface area contributed by atoms with E-state index >= 15 is 0 Å². The van der Waals surface area contributed by atoms with Crippen LogP contribution in [-0.4, -0.2) is 24.0 Å². The molecule has 3 amide bonds. The zero-order valence-corrected chi connectivity index (χ0v) is 16.2. The number of urea groups is 1. The van der Waals surface area contributed by atoms with E-state index in [-0.39, 0.29) is 11.9 Å². The Kier molecular flexibility index (Phi) is 6.53. The largest absolute Gasteiger partial charge is 0.489 e. The Morgan fingerprint density at radius 2 is 1.68 bits per heavy atom. The molecule has 2 aromatic carbocycles. The molecule has 1 fully saturated rings. The number of likely N-dealkylation sites (N-methyl/N-ethyl adjacent to an activating group) is 1. The zero-order valence-electron chi connectivity index (χ0n) is 16.2. The van der Waals surface area contributed by atoms with Gasteiger partial charge in [-0.3, -0.25) is 4.79 Å². The number of nitrogens with one attached hydrogen (secondary N) is 3. The number of hydrogen-bond donors (Lipinski definition) is 3. The summed E-state index contributed by atoms with van der Waals surface area (Å²) in [6.45, 7) is 2.92. The second-order valence-electron chi connectivity index (χ2n) is 7.03. The molecule has 0 unspecified atom stereocenters.